The van der Waals surface area contributed by atoms with Crippen LogP contribution in [0.3, 0.4) is 0 Å². The van der Waals surface area contributed by atoms with Gasteiger partial charge in [0.25, 0.3) is 0 Å². The first-order chi connectivity index (χ1) is 7.97. The highest BCUT2D eigenvalue weighted by Gasteiger charge is 2.03. The van der Waals surface area contributed by atoms with Crippen LogP contribution in [0.4, 0.5) is 4.79 Å². The Hall–Kier alpha value is -1.33. The average Bonchev–Trinajstić information content (AvgIpc) is 2.27. The second-order valence-electron chi connectivity index (χ2n) is 2.47. The lowest BCUT2D eigenvalue weighted by molar-refractivity contribution is -0.137. The van der Waals surface area contributed by atoms with Crippen molar-refractivity contribution < 1.29 is 23.8 Å². The lowest BCUT2D eigenvalue weighted by atomic mass is 10.6. The summed E-state index contributed by atoms with van der Waals surface area (Å²) in [5.41, 5.74) is -1.02. The van der Waals surface area contributed by atoms with E-state index in [0.29, 0.717) is 0 Å². The van der Waals surface area contributed by atoms with Crippen LogP contribution >= 0.6 is 11.6 Å². The topological polar surface area (TPSA) is 61.8 Å². The molecule has 0 saturated heterocycles. The molecule has 0 atom stereocenters. The van der Waals surface area contributed by atoms with Gasteiger partial charge in [-0.2, -0.15) is 0 Å². The molecule has 6 heteroatoms. The van der Waals surface area contributed by atoms with Crippen LogP contribution in [-0.2, 0) is 19.0 Å². The Morgan fingerprint density at radius 1 is 1.29 bits per heavy atom. The summed E-state index contributed by atoms with van der Waals surface area (Å²) in [7, 11) is 0. The van der Waals surface area contributed by atoms with Gasteiger partial charge in [0.15, 0.2) is 0 Å². The quantitative estimate of drug-likeness (QED) is 0.319. The average molecular weight is 265 g/mol. The van der Waals surface area contributed by atoms with E-state index in [-0.39, 0.29) is 12.4 Å². The maximum absolute atomic E-state index is 10.4. The molecule has 98 valence electrons. The zero-order valence-corrected chi connectivity index (χ0v) is 10.8. The Morgan fingerprint density at radius 2 is 1.82 bits per heavy atom. The fraction of sp³-hybridized carbons (Fsp3) is 0.455. The summed E-state index contributed by atoms with van der Waals surface area (Å²) >= 11 is 4.84. The van der Waals surface area contributed by atoms with Gasteiger partial charge in [-0.25, -0.2) is 9.59 Å². The second kappa shape index (κ2) is 12.7. The number of carbonyl (C=O) groups excluding carboxylic acids is 2. The molecule has 0 heterocycles. The van der Waals surface area contributed by atoms with Crippen LogP contribution in [0.25, 0.3) is 0 Å². The Balaban J connectivity index is 0. The van der Waals surface area contributed by atoms with Gasteiger partial charge in [-0.3, -0.25) is 0 Å². The Morgan fingerprint density at radius 3 is 2.12 bits per heavy atom. The van der Waals surface area contributed by atoms with Crippen LogP contribution in [0, 0.1) is 0 Å². The van der Waals surface area contributed by atoms with E-state index in [1.807, 2.05) is 13.8 Å². The highest BCUT2D eigenvalue weighted by molar-refractivity contribution is 6.61. The summed E-state index contributed by atoms with van der Waals surface area (Å²) in [6, 6.07) is 0. The van der Waals surface area contributed by atoms with Gasteiger partial charge < -0.3 is 14.2 Å². The zero-order chi connectivity index (χ0) is 13.7. The van der Waals surface area contributed by atoms with Crippen molar-refractivity contribution in [1.82, 2.24) is 0 Å². The van der Waals surface area contributed by atoms with Crippen LogP contribution in [-0.4, -0.2) is 31.2 Å². The minimum atomic E-state index is -1.02. The maximum Gasteiger partial charge on any atom is 0.408 e. The molecule has 0 amide bonds. The minimum absolute atomic E-state index is 0.0369. The van der Waals surface area contributed by atoms with E-state index >= 15 is 0 Å². The molecule has 17 heavy (non-hydrogen) atoms. The number of rotatable bonds is 6. The minimum Gasteiger partial charge on any atom is -0.454 e. The summed E-state index contributed by atoms with van der Waals surface area (Å²) in [5.74, 6) is -0.660. The molecule has 0 aliphatic carbocycles. The lowest BCUT2D eigenvalue weighted by Gasteiger charge is -2.03. The van der Waals surface area contributed by atoms with E-state index < -0.39 is 11.4 Å². The third kappa shape index (κ3) is 17.3. The van der Waals surface area contributed by atoms with E-state index in [1.165, 1.54) is 0 Å². The summed E-state index contributed by atoms with van der Waals surface area (Å²) in [6.07, 6.45) is 0.982. The number of esters is 1. The van der Waals surface area contributed by atoms with Crippen LogP contribution in [0.1, 0.15) is 13.8 Å². The molecule has 0 N–H and O–H groups in total. The summed E-state index contributed by atoms with van der Waals surface area (Å²) < 4.78 is 13.6. The molecule has 0 bridgehead atoms. The first-order valence-corrected chi connectivity index (χ1v) is 5.27. The van der Waals surface area contributed by atoms with Crippen molar-refractivity contribution in [3.63, 3.8) is 0 Å². The molecule has 0 aromatic heterocycles. The van der Waals surface area contributed by atoms with E-state index in [2.05, 4.69) is 22.6 Å². The normalized spacial score (nSPS) is 8.41. The first kappa shape index (κ1) is 18.0. The van der Waals surface area contributed by atoms with Gasteiger partial charge in [-0.15, -0.1) is 0 Å². The number of carbonyl (C=O) groups is 2. The number of halogens is 1. The first-order valence-electron chi connectivity index (χ1n) is 4.89. The molecule has 0 fully saturated rings. The van der Waals surface area contributed by atoms with E-state index in [0.717, 1.165) is 19.3 Å². The molecular formula is C11H17ClO5. The third-order valence-corrected chi connectivity index (χ3v) is 1.25. The van der Waals surface area contributed by atoms with E-state index in [4.69, 9.17) is 16.3 Å². The molecule has 0 aromatic carbocycles. The van der Waals surface area contributed by atoms with Crippen LogP contribution < -0.4 is 0 Å². The fourth-order valence-corrected chi connectivity index (χ4v) is 0.667. The highest BCUT2D eigenvalue weighted by atomic mass is 35.5. The van der Waals surface area contributed by atoms with Gasteiger partial charge in [0.2, 0.25) is 0 Å². The predicted octanol–water partition coefficient (Wildman–Crippen LogP) is 2.65. The SMILES string of the molecule is C=CC(=O)OCC(=C)OC(=O)Cl.CCOCC. The maximum atomic E-state index is 10.4. The Kier molecular flexibility index (Phi) is 13.5. The molecule has 0 spiro atoms. The van der Waals surface area contributed by atoms with Crippen molar-refractivity contribution in [1.29, 1.82) is 0 Å². The van der Waals surface area contributed by atoms with Gasteiger partial charge in [0.05, 0.1) is 0 Å². The van der Waals surface area contributed by atoms with Crippen LogP contribution in [0.15, 0.2) is 25.0 Å². The Bertz CT molecular complexity index is 261. The largest absolute Gasteiger partial charge is 0.454 e. The van der Waals surface area contributed by atoms with Gasteiger partial charge in [-0.1, -0.05) is 13.2 Å². The fourth-order valence-electron chi connectivity index (χ4n) is 0.558. The lowest BCUT2D eigenvalue weighted by Crippen LogP contribution is -2.06. The van der Waals surface area contributed by atoms with Crippen LogP contribution in [0.2, 0.25) is 0 Å². The number of hydrogen-bond donors (Lipinski definition) is 0. The second-order valence-corrected chi connectivity index (χ2v) is 2.78. The van der Waals surface area contributed by atoms with Crippen molar-refractivity contribution >= 4 is 23.0 Å². The smallest absolute Gasteiger partial charge is 0.408 e. The molecule has 0 rings (SSSR count). The third-order valence-electron chi connectivity index (χ3n) is 1.17. The van der Waals surface area contributed by atoms with E-state index in [9.17, 15) is 9.59 Å². The number of ether oxygens (including phenoxy) is 3. The zero-order valence-electron chi connectivity index (χ0n) is 10.0. The molecular weight excluding hydrogens is 248 g/mol. The molecule has 0 saturated carbocycles. The standard InChI is InChI=1S/C7H7ClO4.C4H10O/c1-3-6(9)11-4-5(2)12-7(8)10;1-3-5-4-2/h3H,1-2,4H2;3-4H2,1-2H3. The van der Waals surface area contributed by atoms with Gasteiger partial charge in [-0.05, 0) is 13.8 Å². The molecule has 0 unspecified atom stereocenters. The van der Waals surface area contributed by atoms with E-state index in [1.54, 1.807) is 0 Å². The van der Waals surface area contributed by atoms with Crippen molar-refractivity contribution in [2.75, 3.05) is 19.8 Å². The summed E-state index contributed by atoms with van der Waals surface area (Å²) in [5, 5.41) is 0. The molecule has 0 radical (unpaired) electrons. The summed E-state index contributed by atoms with van der Waals surface area (Å²) in [6.45, 7) is 11.9. The molecule has 0 aliphatic rings. The Labute approximate surface area is 106 Å². The number of hydrogen-bond acceptors (Lipinski definition) is 5. The van der Waals surface area contributed by atoms with Crippen molar-refractivity contribution in [2.45, 2.75) is 13.8 Å². The van der Waals surface area contributed by atoms with Crippen molar-refractivity contribution in [3.8, 4) is 0 Å². The predicted molar refractivity (Wildman–Crippen MR) is 64.8 cm³/mol. The van der Waals surface area contributed by atoms with Gasteiger partial charge in [0, 0.05) is 30.9 Å². The monoisotopic (exact) mass is 264 g/mol. The highest BCUT2D eigenvalue weighted by Crippen LogP contribution is 1.99. The van der Waals surface area contributed by atoms with Gasteiger partial charge >= 0.3 is 11.4 Å². The molecule has 0 aliphatic heterocycles. The van der Waals surface area contributed by atoms with Crippen molar-refractivity contribution in [3.05, 3.63) is 25.0 Å². The van der Waals surface area contributed by atoms with Crippen molar-refractivity contribution in [2.24, 2.45) is 0 Å². The summed E-state index contributed by atoms with van der Waals surface area (Å²) in [4.78, 5) is 20.5. The van der Waals surface area contributed by atoms with Crippen LogP contribution in [0.5, 0.6) is 0 Å². The molecule has 0 aromatic rings. The molecule has 5 nitrogen and oxygen atoms in total. The van der Waals surface area contributed by atoms with Gasteiger partial charge in [0.1, 0.15) is 12.4 Å².